The number of hydrogen-bond donors (Lipinski definition) is 1. The summed E-state index contributed by atoms with van der Waals surface area (Å²) in [5.41, 5.74) is 1.17. The van der Waals surface area contributed by atoms with Crippen molar-refractivity contribution < 1.29 is 14.7 Å². The zero-order valence-electron chi connectivity index (χ0n) is 13.2. The number of carboxylic acid groups (broad SMARTS) is 1. The average Bonchev–Trinajstić information content (AvgIpc) is 3.03. The van der Waals surface area contributed by atoms with Crippen LogP contribution >= 0.6 is 35.7 Å². The van der Waals surface area contributed by atoms with Crippen molar-refractivity contribution in [3.63, 3.8) is 0 Å². The molecule has 2 aliphatic rings. The number of fused-ring (bicyclic) bond motifs is 1. The number of thioether (sulfide) groups is 2. The van der Waals surface area contributed by atoms with Crippen molar-refractivity contribution in [3.05, 3.63) is 58.5 Å². The zero-order valence-corrected chi connectivity index (χ0v) is 15.7. The summed E-state index contributed by atoms with van der Waals surface area (Å²) in [6, 6.07) is 8.17. The molecule has 0 spiro atoms. The second-order valence-electron chi connectivity index (χ2n) is 5.20. The number of benzene rings is 1. The van der Waals surface area contributed by atoms with E-state index in [0.717, 1.165) is 21.7 Å². The first kappa shape index (κ1) is 17.8. The fourth-order valence-electron chi connectivity index (χ4n) is 2.33. The van der Waals surface area contributed by atoms with E-state index in [9.17, 15) is 9.59 Å². The van der Waals surface area contributed by atoms with Crippen LogP contribution in [-0.2, 0) is 9.59 Å². The third kappa shape index (κ3) is 3.81. The van der Waals surface area contributed by atoms with Gasteiger partial charge in [-0.05, 0) is 24.3 Å². The van der Waals surface area contributed by atoms with Crippen molar-refractivity contribution in [1.29, 1.82) is 0 Å². The quantitative estimate of drug-likeness (QED) is 0.624. The number of hydrogen-bond acceptors (Lipinski definition) is 6. The molecular weight excluding hydrogens is 376 g/mol. The molecule has 25 heavy (non-hydrogen) atoms. The van der Waals surface area contributed by atoms with Gasteiger partial charge in [0.25, 0.3) is 5.91 Å². The molecule has 0 atom stereocenters. The van der Waals surface area contributed by atoms with Gasteiger partial charge >= 0.3 is 5.97 Å². The van der Waals surface area contributed by atoms with Crippen molar-refractivity contribution >= 4 is 57.6 Å². The molecule has 2 heterocycles. The Kier molecular flexibility index (Phi) is 5.31. The van der Waals surface area contributed by atoms with Gasteiger partial charge in [0.2, 0.25) is 0 Å². The number of para-hydroxylation sites is 1. The van der Waals surface area contributed by atoms with E-state index in [4.69, 9.17) is 17.3 Å². The number of rotatable bonds is 4. The number of thiocarbonyl (C=S) groups is 1. The molecule has 0 unspecified atom stereocenters. The summed E-state index contributed by atoms with van der Waals surface area (Å²) in [5.74, 6) is -1.45. The van der Waals surface area contributed by atoms with Gasteiger partial charge in [-0.15, -0.1) is 0 Å². The highest BCUT2D eigenvalue weighted by molar-refractivity contribution is 8.26. The maximum absolute atomic E-state index is 12.1. The molecule has 1 fully saturated rings. The molecule has 1 amide bonds. The molecule has 1 aromatic rings. The zero-order chi connectivity index (χ0) is 18.0. The van der Waals surface area contributed by atoms with Crippen molar-refractivity contribution in [1.82, 2.24) is 4.90 Å². The van der Waals surface area contributed by atoms with Gasteiger partial charge in [0.15, 0.2) is 0 Å². The fourth-order valence-corrected chi connectivity index (χ4v) is 4.60. The van der Waals surface area contributed by atoms with Crippen LogP contribution < -0.4 is 4.90 Å². The Bertz CT molecular complexity index is 845. The van der Waals surface area contributed by atoms with Gasteiger partial charge in [0.05, 0.1) is 15.6 Å². The first-order chi connectivity index (χ1) is 12.0. The summed E-state index contributed by atoms with van der Waals surface area (Å²) < 4.78 is 0.270. The molecule has 3 rings (SSSR count). The van der Waals surface area contributed by atoms with Gasteiger partial charge in [-0.2, -0.15) is 0 Å². The first-order valence-corrected chi connectivity index (χ1v) is 9.36. The Morgan fingerprint density at radius 1 is 1.24 bits per heavy atom. The highest BCUT2D eigenvalue weighted by Crippen LogP contribution is 2.44. The predicted octanol–water partition coefficient (Wildman–Crippen LogP) is 3.45. The third-order valence-corrected chi connectivity index (χ3v) is 6.12. The summed E-state index contributed by atoms with van der Waals surface area (Å²) in [5, 5.41) is 9.91. The molecule has 1 aromatic carbocycles. The van der Waals surface area contributed by atoms with Crippen LogP contribution in [-0.4, -0.2) is 39.8 Å². The molecule has 1 saturated heterocycles. The van der Waals surface area contributed by atoms with E-state index in [-0.39, 0.29) is 10.2 Å². The minimum Gasteiger partial charge on any atom is -0.480 e. The van der Waals surface area contributed by atoms with Gasteiger partial charge in [-0.1, -0.05) is 60.0 Å². The number of amides is 1. The normalized spacial score (nSPS) is 20.4. The predicted molar refractivity (Wildman–Crippen MR) is 106 cm³/mol. The van der Waals surface area contributed by atoms with Crippen LogP contribution in [0.15, 0.2) is 63.4 Å². The SMILES string of the molecule is CN1C(=CC=CC=C2SC(=S)N(CC(=O)O)C2=O)Sc2ccccc21. The van der Waals surface area contributed by atoms with E-state index in [0.29, 0.717) is 4.91 Å². The number of aliphatic carboxylic acids is 1. The van der Waals surface area contributed by atoms with Crippen molar-refractivity contribution in [2.45, 2.75) is 4.90 Å². The molecule has 128 valence electrons. The van der Waals surface area contributed by atoms with E-state index in [2.05, 4.69) is 17.0 Å². The van der Waals surface area contributed by atoms with Crippen LogP contribution in [0.2, 0.25) is 0 Å². The molecule has 8 heteroatoms. The Morgan fingerprint density at radius 3 is 2.68 bits per heavy atom. The van der Waals surface area contributed by atoms with Gasteiger partial charge in [-0.25, -0.2) is 0 Å². The highest BCUT2D eigenvalue weighted by atomic mass is 32.2. The summed E-state index contributed by atoms with van der Waals surface area (Å²) in [7, 11) is 2.01. The molecule has 0 aromatic heterocycles. The summed E-state index contributed by atoms with van der Waals surface area (Å²) >= 11 is 7.85. The lowest BCUT2D eigenvalue weighted by Gasteiger charge is -2.12. The van der Waals surface area contributed by atoms with Crippen LogP contribution in [0.25, 0.3) is 0 Å². The van der Waals surface area contributed by atoms with Gasteiger partial charge < -0.3 is 10.0 Å². The van der Waals surface area contributed by atoms with E-state index in [1.165, 1.54) is 10.6 Å². The number of carbonyl (C=O) groups excluding carboxylic acids is 1. The van der Waals surface area contributed by atoms with E-state index in [1.807, 2.05) is 31.3 Å². The van der Waals surface area contributed by atoms with Gasteiger partial charge in [-0.3, -0.25) is 14.5 Å². The number of carbonyl (C=O) groups is 2. The Morgan fingerprint density at radius 2 is 1.96 bits per heavy atom. The van der Waals surface area contributed by atoms with Gasteiger partial charge in [0, 0.05) is 11.9 Å². The molecule has 1 N–H and O–H groups in total. The molecule has 0 aliphatic carbocycles. The number of anilines is 1. The maximum atomic E-state index is 12.1. The van der Waals surface area contributed by atoms with E-state index < -0.39 is 12.5 Å². The number of allylic oxidation sites excluding steroid dienone is 4. The van der Waals surface area contributed by atoms with Crippen LogP contribution in [0.5, 0.6) is 0 Å². The third-order valence-electron chi connectivity index (χ3n) is 3.54. The second kappa shape index (κ2) is 7.47. The summed E-state index contributed by atoms with van der Waals surface area (Å²) in [6.07, 6.45) is 7.25. The largest absolute Gasteiger partial charge is 0.480 e. The van der Waals surface area contributed by atoms with Crippen LogP contribution in [0, 0.1) is 0 Å². The van der Waals surface area contributed by atoms with E-state index >= 15 is 0 Å². The minimum absolute atomic E-state index is 0.270. The van der Waals surface area contributed by atoms with Crippen molar-refractivity contribution in [3.8, 4) is 0 Å². The maximum Gasteiger partial charge on any atom is 0.323 e. The molecule has 0 bridgehead atoms. The second-order valence-corrected chi connectivity index (χ2v) is 7.94. The molecular formula is C17H14N2O3S3. The Balaban J connectivity index is 1.68. The lowest BCUT2D eigenvalue weighted by Crippen LogP contribution is -2.33. The molecule has 2 aliphatic heterocycles. The summed E-state index contributed by atoms with van der Waals surface area (Å²) in [6.45, 7) is -0.407. The van der Waals surface area contributed by atoms with Crippen LogP contribution in [0.3, 0.4) is 0 Å². The summed E-state index contributed by atoms with van der Waals surface area (Å²) in [4.78, 5) is 27.7. The molecule has 0 saturated carbocycles. The van der Waals surface area contributed by atoms with Crippen molar-refractivity contribution in [2.24, 2.45) is 0 Å². The van der Waals surface area contributed by atoms with Crippen LogP contribution in [0.1, 0.15) is 0 Å². The van der Waals surface area contributed by atoms with Crippen LogP contribution in [0.4, 0.5) is 5.69 Å². The minimum atomic E-state index is -1.08. The van der Waals surface area contributed by atoms with Crippen molar-refractivity contribution in [2.75, 3.05) is 18.5 Å². The lowest BCUT2D eigenvalue weighted by atomic mass is 10.3. The Hall–Kier alpha value is -2.03. The molecule has 0 radical (unpaired) electrons. The standard InChI is InChI=1S/C17H14N2O3S3/c1-18-11-6-2-3-7-12(11)24-14(18)9-5-4-8-13-16(22)19(10-15(20)21)17(23)25-13/h2-9H,10H2,1H3,(H,20,21). The molecule has 5 nitrogen and oxygen atoms in total. The topological polar surface area (TPSA) is 60.9 Å². The highest BCUT2D eigenvalue weighted by Gasteiger charge is 2.32. The first-order valence-electron chi connectivity index (χ1n) is 7.32. The average molecular weight is 391 g/mol. The fraction of sp³-hybridized carbons (Fsp3) is 0.118. The number of carboxylic acids is 1. The monoisotopic (exact) mass is 390 g/mol. The number of nitrogens with zero attached hydrogens (tertiary/aromatic N) is 2. The van der Waals surface area contributed by atoms with Gasteiger partial charge in [0.1, 0.15) is 10.9 Å². The smallest absolute Gasteiger partial charge is 0.323 e. The lowest BCUT2D eigenvalue weighted by molar-refractivity contribution is -0.140. The van der Waals surface area contributed by atoms with E-state index in [1.54, 1.807) is 23.9 Å². The Labute approximate surface area is 159 Å².